The van der Waals surface area contributed by atoms with Gasteiger partial charge in [0.2, 0.25) is 0 Å². The predicted octanol–water partition coefficient (Wildman–Crippen LogP) is 18.4. The van der Waals surface area contributed by atoms with E-state index in [1.807, 2.05) is 0 Å². The topological polar surface area (TPSA) is 15.3 Å². The lowest BCUT2D eigenvalue weighted by molar-refractivity contribution is 0.591. The molecule has 0 fully saturated rings. The molecule has 0 amide bonds. The van der Waals surface area contributed by atoms with Crippen LogP contribution in [0.1, 0.15) is 51.7 Å². The third-order valence-corrected chi connectivity index (χ3v) is 16.0. The monoisotopic (exact) mass is 988 g/mol. The Morgan fingerprint density at radius 1 is 0.390 bits per heavy atom. The first-order chi connectivity index (χ1) is 37.8. The van der Waals surface area contributed by atoms with Crippen molar-refractivity contribution in [2.45, 2.75) is 52.4 Å². The molecule has 2 heterocycles. The zero-order chi connectivity index (χ0) is 52.0. The molecule has 1 N–H and O–H groups in total. The number of unbranched alkanes of at least 4 members (excludes halogenated alkanes) is 1. The number of hydrogen-bond donors (Lipinski definition) is 1. The molecular formula is C74H61BN2. The second-order valence-corrected chi connectivity index (χ2v) is 22.0. The lowest BCUT2D eigenvalue weighted by Crippen LogP contribution is -2.60. The summed E-state index contributed by atoms with van der Waals surface area (Å²) in [6.45, 7) is 9.25. The molecule has 3 heteroatoms. The maximum absolute atomic E-state index is 4.33. The first-order valence-electron chi connectivity index (χ1n) is 27.5. The number of rotatable bonds is 11. The summed E-state index contributed by atoms with van der Waals surface area (Å²) in [5.74, 6) is 0. The molecule has 77 heavy (non-hydrogen) atoms. The van der Waals surface area contributed by atoms with Gasteiger partial charge in [0.1, 0.15) is 0 Å². The quantitative estimate of drug-likeness (QED) is 0.130. The number of anilines is 5. The highest BCUT2D eigenvalue weighted by molar-refractivity contribution is 7.00. The Bertz CT molecular complexity index is 3880. The fourth-order valence-corrected chi connectivity index (χ4v) is 12.1. The summed E-state index contributed by atoms with van der Waals surface area (Å²) in [7, 11) is 0. The van der Waals surface area contributed by atoms with Crippen LogP contribution in [-0.4, -0.2) is 6.71 Å². The summed E-state index contributed by atoms with van der Waals surface area (Å²) in [4.78, 5) is 2.65. The number of benzene rings is 11. The SMILES string of the molecule is CCCCc1ccc(-c2ccccc2)cc1-c1cc(-c2ccccc2)cc2c1Nc1cc(C(C)(C)C)cc3c1B2c1cc(-c2ccccc2)ccc1N3c1c(-c2ccccc2)cc(-c2ccccc2)cc1-c1ccccc1. The van der Waals surface area contributed by atoms with Crippen LogP contribution < -0.4 is 26.6 Å². The zero-order valence-electron chi connectivity index (χ0n) is 44.4. The minimum Gasteiger partial charge on any atom is -0.356 e. The normalized spacial score (nSPS) is 12.4. The molecule has 370 valence electrons. The Morgan fingerprint density at radius 3 is 1.35 bits per heavy atom. The highest BCUT2D eigenvalue weighted by atomic mass is 15.2. The van der Waals surface area contributed by atoms with E-state index in [2.05, 4.69) is 293 Å². The van der Waals surface area contributed by atoms with Crippen molar-refractivity contribution in [2.75, 3.05) is 10.2 Å². The maximum atomic E-state index is 4.33. The van der Waals surface area contributed by atoms with Gasteiger partial charge < -0.3 is 10.2 Å². The predicted molar refractivity (Wildman–Crippen MR) is 331 cm³/mol. The largest absolute Gasteiger partial charge is 0.356 e. The number of nitrogens with zero attached hydrogens (tertiary/aromatic N) is 1. The third kappa shape index (κ3) is 8.86. The van der Waals surface area contributed by atoms with Gasteiger partial charge in [-0.05, 0) is 149 Å². The van der Waals surface area contributed by atoms with Gasteiger partial charge in [-0.1, -0.05) is 246 Å². The van der Waals surface area contributed by atoms with E-state index in [9.17, 15) is 0 Å². The van der Waals surface area contributed by atoms with Gasteiger partial charge in [-0.25, -0.2) is 0 Å². The van der Waals surface area contributed by atoms with E-state index in [-0.39, 0.29) is 12.1 Å². The molecule has 13 rings (SSSR count). The van der Waals surface area contributed by atoms with Crippen LogP contribution in [0.25, 0.3) is 77.9 Å². The number of nitrogens with one attached hydrogen (secondary N) is 1. The molecule has 0 atom stereocenters. The Kier molecular flexibility index (Phi) is 12.4. The van der Waals surface area contributed by atoms with Crippen LogP contribution in [0.2, 0.25) is 0 Å². The van der Waals surface area contributed by atoms with Crippen molar-refractivity contribution >= 4 is 51.5 Å². The second kappa shape index (κ2) is 20.0. The standard InChI is InChI=1S/C74H61BN2/c1-5-6-25-56-38-39-57(50-26-13-7-14-27-50)42-62(56)65-45-60(53-32-19-10-20-33-53)47-67-72(65)76-68-48-61(74(2,3)4)49-70-71(68)75(67)66-46-58(51-28-15-8-16-29-51)40-41-69(66)77(70)73-63(54-34-21-11-22-35-54)43-59(52-30-17-9-18-31-52)44-64(73)55-36-23-12-24-37-55/h7-24,26-49,76H,5-6,25H2,1-4H3. The van der Waals surface area contributed by atoms with Gasteiger partial charge in [-0.3, -0.25) is 0 Å². The number of aryl methyl sites for hydroxylation is 1. The van der Waals surface area contributed by atoms with Crippen molar-refractivity contribution in [1.29, 1.82) is 0 Å². The van der Waals surface area contributed by atoms with Gasteiger partial charge in [0.25, 0.3) is 6.71 Å². The molecule has 0 spiro atoms. The van der Waals surface area contributed by atoms with Gasteiger partial charge in [-0.2, -0.15) is 0 Å². The molecule has 0 radical (unpaired) electrons. The van der Waals surface area contributed by atoms with Crippen molar-refractivity contribution in [3.05, 3.63) is 266 Å². The van der Waals surface area contributed by atoms with Crippen LogP contribution in [0.4, 0.5) is 28.4 Å². The van der Waals surface area contributed by atoms with Gasteiger partial charge in [0, 0.05) is 39.4 Å². The number of fused-ring (bicyclic) bond motifs is 4. The van der Waals surface area contributed by atoms with Crippen LogP contribution in [-0.2, 0) is 11.8 Å². The van der Waals surface area contributed by atoms with Crippen LogP contribution in [0.3, 0.4) is 0 Å². The van der Waals surface area contributed by atoms with Crippen molar-refractivity contribution in [3.63, 3.8) is 0 Å². The molecule has 2 aliphatic heterocycles. The van der Waals surface area contributed by atoms with Crippen molar-refractivity contribution < 1.29 is 0 Å². The van der Waals surface area contributed by atoms with Gasteiger partial charge in [0.15, 0.2) is 0 Å². The van der Waals surface area contributed by atoms with E-state index in [4.69, 9.17) is 0 Å². The van der Waals surface area contributed by atoms with Crippen LogP contribution in [0.15, 0.2) is 255 Å². The van der Waals surface area contributed by atoms with Gasteiger partial charge in [0.05, 0.1) is 5.69 Å². The minimum atomic E-state index is -0.175. The molecule has 0 saturated heterocycles. The molecular weight excluding hydrogens is 928 g/mol. The molecule has 0 unspecified atom stereocenters. The van der Waals surface area contributed by atoms with E-state index in [1.54, 1.807) is 0 Å². The van der Waals surface area contributed by atoms with Gasteiger partial charge >= 0.3 is 0 Å². The van der Waals surface area contributed by atoms with E-state index in [0.717, 1.165) is 30.6 Å². The molecule has 2 nitrogen and oxygen atoms in total. The average molecular weight is 989 g/mol. The molecule has 2 aliphatic rings. The third-order valence-electron chi connectivity index (χ3n) is 16.0. The fraction of sp³-hybridized carbons (Fsp3) is 0.108. The van der Waals surface area contributed by atoms with E-state index >= 15 is 0 Å². The molecule has 0 aromatic heterocycles. The van der Waals surface area contributed by atoms with Crippen LogP contribution in [0.5, 0.6) is 0 Å². The summed E-state index contributed by atoms with van der Waals surface area (Å²) in [6.07, 6.45) is 3.24. The first-order valence-corrected chi connectivity index (χ1v) is 27.5. The Morgan fingerprint density at radius 2 is 0.831 bits per heavy atom. The van der Waals surface area contributed by atoms with Crippen molar-refractivity contribution in [2.24, 2.45) is 0 Å². The Labute approximate surface area is 455 Å². The zero-order valence-corrected chi connectivity index (χ0v) is 44.4. The summed E-state index contributed by atoms with van der Waals surface area (Å²) in [5, 5.41) is 4.33. The summed E-state index contributed by atoms with van der Waals surface area (Å²) in [6, 6.07) is 95.1. The molecule has 11 aromatic carbocycles. The van der Waals surface area contributed by atoms with Crippen molar-refractivity contribution in [3.8, 4) is 77.9 Å². The molecule has 0 saturated carbocycles. The summed E-state index contributed by atoms with van der Waals surface area (Å²) >= 11 is 0. The molecule has 0 aliphatic carbocycles. The Balaban J connectivity index is 1.16. The number of hydrogen-bond acceptors (Lipinski definition) is 2. The fourth-order valence-electron chi connectivity index (χ4n) is 12.1. The first kappa shape index (κ1) is 47.8. The van der Waals surface area contributed by atoms with Gasteiger partial charge in [-0.15, -0.1) is 0 Å². The molecule has 0 bridgehead atoms. The average Bonchev–Trinajstić information content (AvgIpc) is 3.61. The highest BCUT2D eigenvalue weighted by Gasteiger charge is 2.44. The maximum Gasteiger partial charge on any atom is 0.252 e. The highest BCUT2D eigenvalue weighted by Crippen LogP contribution is 2.52. The minimum absolute atomic E-state index is 0.122. The lowest BCUT2D eigenvalue weighted by atomic mass is 9.33. The second-order valence-electron chi connectivity index (χ2n) is 22.0. The van der Waals surface area contributed by atoms with E-state index < -0.39 is 0 Å². The Hall–Kier alpha value is -8.92. The summed E-state index contributed by atoms with van der Waals surface area (Å²) < 4.78 is 0. The lowest BCUT2D eigenvalue weighted by Gasteiger charge is -2.43. The molecule has 11 aromatic rings. The van der Waals surface area contributed by atoms with Crippen LogP contribution >= 0.6 is 0 Å². The van der Waals surface area contributed by atoms with Crippen molar-refractivity contribution in [1.82, 2.24) is 0 Å². The van der Waals surface area contributed by atoms with E-state index in [0.29, 0.717) is 0 Å². The van der Waals surface area contributed by atoms with Crippen LogP contribution in [0, 0.1) is 0 Å². The smallest absolute Gasteiger partial charge is 0.252 e. The van der Waals surface area contributed by atoms with E-state index in [1.165, 1.54) is 122 Å². The summed E-state index contributed by atoms with van der Waals surface area (Å²) in [5.41, 5.74) is 29.0.